The predicted octanol–water partition coefficient (Wildman–Crippen LogP) is 1.43. The zero-order valence-corrected chi connectivity index (χ0v) is 11.4. The Balaban J connectivity index is 2.97. The van der Waals surface area contributed by atoms with Crippen molar-refractivity contribution in [3.8, 4) is 11.8 Å². The van der Waals surface area contributed by atoms with Gasteiger partial charge in [-0.3, -0.25) is 11.3 Å². The highest BCUT2D eigenvalue weighted by atomic mass is 16.5. The van der Waals surface area contributed by atoms with Crippen molar-refractivity contribution >= 4 is 0 Å². The lowest BCUT2D eigenvalue weighted by atomic mass is 9.98. The summed E-state index contributed by atoms with van der Waals surface area (Å²) in [5.74, 6) is 7.01. The fourth-order valence-electron chi connectivity index (χ4n) is 1.68. The van der Waals surface area contributed by atoms with Crippen LogP contribution < -0.4 is 20.7 Å². The number of aromatic nitrogens is 2. The molecule has 2 atom stereocenters. The molecule has 6 nitrogen and oxygen atoms in total. The highest BCUT2D eigenvalue weighted by Crippen LogP contribution is 2.27. The van der Waals surface area contributed by atoms with E-state index in [9.17, 15) is 0 Å². The number of rotatable bonds is 7. The molecule has 0 aliphatic carbocycles. The van der Waals surface area contributed by atoms with Gasteiger partial charge in [0, 0.05) is 0 Å². The summed E-state index contributed by atoms with van der Waals surface area (Å²) in [4.78, 5) is 8.53. The van der Waals surface area contributed by atoms with Crippen LogP contribution in [0.25, 0.3) is 0 Å². The van der Waals surface area contributed by atoms with E-state index in [1.54, 1.807) is 20.4 Å². The summed E-state index contributed by atoms with van der Waals surface area (Å²) in [6.07, 6.45) is 3.53. The molecule has 18 heavy (non-hydrogen) atoms. The Hall–Kier alpha value is -1.40. The van der Waals surface area contributed by atoms with Gasteiger partial charge in [0.15, 0.2) is 0 Å². The summed E-state index contributed by atoms with van der Waals surface area (Å²) in [5.41, 5.74) is 3.48. The Morgan fingerprint density at radius 1 is 1.39 bits per heavy atom. The van der Waals surface area contributed by atoms with Crippen LogP contribution in [-0.4, -0.2) is 24.2 Å². The minimum Gasteiger partial charge on any atom is -0.480 e. The molecule has 0 bridgehead atoms. The Bertz CT molecular complexity index is 373. The molecule has 0 spiro atoms. The number of ether oxygens (including phenoxy) is 2. The number of hydrogen-bond acceptors (Lipinski definition) is 6. The van der Waals surface area contributed by atoms with Crippen LogP contribution >= 0.6 is 0 Å². The van der Waals surface area contributed by atoms with Gasteiger partial charge in [0.05, 0.1) is 26.5 Å². The van der Waals surface area contributed by atoms with Crippen LogP contribution in [0.5, 0.6) is 11.8 Å². The summed E-state index contributed by atoms with van der Waals surface area (Å²) in [7, 11) is 3.10. The van der Waals surface area contributed by atoms with Gasteiger partial charge in [0.2, 0.25) is 11.8 Å². The largest absolute Gasteiger partial charge is 0.480 e. The molecule has 2 unspecified atom stereocenters. The van der Waals surface area contributed by atoms with Crippen molar-refractivity contribution in [1.29, 1.82) is 0 Å². The molecule has 0 aliphatic rings. The number of nitrogens with one attached hydrogen (secondary N) is 1. The molecule has 0 saturated heterocycles. The molecule has 0 amide bonds. The van der Waals surface area contributed by atoms with Crippen molar-refractivity contribution in [2.24, 2.45) is 11.8 Å². The van der Waals surface area contributed by atoms with Crippen molar-refractivity contribution in [3.05, 3.63) is 11.9 Å². The Morgan fingerprint density at radius 3 is 2.61 bits per heavy atom. The van der Waals surface area contributed by atoms with Gasteiger partial charge in [0.1, 0.15) is 5.69 Å². The smallest absolute Gasteiger partial charge is 0.240 e. The van der Waals surface area contributed by atoms with Crippen LogP contribution in [-0.2, 0) is 0 Å². The highest BCUT2D eigenvalue weighted by Gasteiger charge is 2.20. The molecule has 1 aromatic rings. The first kappa shape index (κ1) is 14.7. The molecule has 6 heteroatoms. The van der Waals surface area contributed by atoms with Gasteiger partial charge in [-0.2, -0.15) is 4.98 Å². The molecule has 3 N–H and O–H groups in total. The van der Waals surface area contributed by atoms with E-state index in [0.29, 0.717) is 23.4 Å². The fraction of sp³-hybridized carbons (Fsp3) is 0.667. The van der Waals surface area contributed by atoms with E-state index >= 15 is 0 Å². The van der Waals surface area contributed by atoms with Gasteiger partial charge < -0.3 is 9.47 Å². The van der Waals surface area contributed by atoms with E-state index in [2.05, 4.69) is 29.2 Å². The van der Waals surface area contributed by atoms with E-state index in [0.717, 1.165) is 12.8 Å². The zero-order chi connectivity index (χ0) is 13.5. The van der Waals surface area contributed by atoms with Crippen molar-refractivity contribution in [2.45, 2.75) is 32.7 Å². The first-order chi connectivity index (χ1) is 8.65. The Labute approximate surface area is 108 Å². The molecule has 1 aromatic heterocycles. The van der Waals surface area contributed by atoms with Crippen LogP contribution in [0.1, 0.15) is 38.4 Å². The Kier molecular flexibility index (Phi) is 5.80. The fourth-order valence-corrected chi connectivity index (χ4v) is 1.68. The molecular formula is C12H22N4O2. The van der Waals surface area contributed by atoms with Crippen molar-refractivity contribution in [2.75, 3.05) is 14.2 Å². The monoisotopic (exact) mass is 254 g/mol. The second-order valence-electron chi connectivity index (χ2n) is 4.28. The van der Waals surface area contributed by atoms with Gasteiger partial charge in [0.25, 0.3) is 0 Å². The maximum absolute atomic E-state index is 5.60. The Morgan fingerprint density at radius 2 is 2.11 bits per heavy atom. The first-order valence-electron chi connectivity index (χ1n) is 6.07. The third kappa shape index (κ3) is 3.54. The van der Waals surface area contributed by atoms with E-state index in [-0.39, 0.29) is 6.04 Å². The van der Waals surface area contributed by atoms with E-state index in [1.807, 2.05) is 0 Å². The van der Waals surface area contributed by atoms with Gasteiger partial charge >= 0.3 is 0 Å². The lowest BCUT2D eigenvalue weighted by Gasteiger charge is -2.20. The SMILES string of the molecule is CCC(C)CC(NN)c1ncc(OC)nc1OC. The van der Waals surface area contributed by atoms with Crippen molar-refractivity contribution in [3.63, 3.8) is 0 Å². The van der Waals surface area contributed by atoms with Gasteiger partial charge in [-0.05, 0) is 12.3 Å². The lowest BCUT2D eigenvalue weighted by Crippen LogP contribution is -2.30. The van der Waals surface area contributed by atoms with Gasteiger partial charge in [-0.1, -0.05) is 20.3 Å². The summed E-state index contributed by atoms with van der Waals surface area (Å²) in [6, 6.07) is -0.0756. The third-order valence-corrected chi connectivity index (χ3v) is 3.01. The summed E-state index contributed by atoms with van der Waals surface area (Å²) < 4.78 is 10.3. The van der Waals surface area contributed by atoms with Crippen LogP contribution in [0, 0.1) is 5.92 Å². The van der Waals surface area contributed by atoms with E-state index in [1.165, 1.54) is 0 Å². The highest BCUT2D eigenvalue weighted by molar-refractivity contribution is 5.25. The lowest BCUT2D eigenvalue weighted by molar-refractivity contribution is 0.337. The second-order valence-corrected chi connectivity index (χ2v) is 4.28. The van der Waals surface area contributed by atoms with Crippen LogP contribution in [0.3, 0.4) is 0 Å². The number of nitrogens with zero attached hydrogens (tertiary/aromatic N) is 2. The maximum atomic E-state index is 5.60. The first-order valence-corrected chi connectivity index (χ1v) is 6.07. The zero-order valence-electron chi connectivity index (χ0n) is 11.4. The molecule has 102 valence electrons. The van der Waals surface area contributed by atoms with E-state index < -0.39 is 0 Å². The standard InChI is InChI=1S/C12H22N4O2/c1-5-8(2)6-9(16-13)11-12(18-4)15-10(17-3)7-14-11/h7-9,16H,5-6,13H2,1-4H3. The topological polar surface area (TPSA) is 82.3 Å². The average molecular weight is 254 g/mol. The summed E-state index contributed by atoms with van der Waals surface area (Å²) in [5, 5.41) is 0. The number of hydrogen-bond donors (Lipinski definition) is 2. The third-order valence-electron chi connectivity index (χ3n) is 3.01. The molecule has 0 aliphatic heterocycles. The van der Waals surface area contributed by atoms with Crippen LogP contribution in [0.2, 0.25) is 0 Å². The van der Waals surface area contributed by atoms with Crippen molar-refractivity contribution < 1.29 is 9.47 Å². The number of nitrogens with two attached hydrogens (primary N) is 1. The molecule has 1 heterocycles. The quantitative estimate of drug-likeness (QED) is 0.566. The molecule has 0 aromatic carbocycles. The normalized spacial score (nSPS) is 14.1. The molecule has 0 fully saturated rings. The minimum atomic E-state index is -0.0756. The average Bonchev–Trinajstić information content (AvgIpc) is 2.43. The van der Waals surface area contributed by atoms with Crippen LogP contribution in [0.4, 0.5) is 0 Å². The second kappa shape index (κ2) is 7.13. The number of hydrazine groups is 1. The maximum Gasteiger partial charge on any atom is 0.240 e. The summed E-state index contributed by atoms with van der Waals surface area (Å²) >= 11 is 0. The predicted molar refractivity (Wildman–Crippen MR) is 69.3 cm³/mol. The van der Waals surface area contributed by atoms with Gasteiger partial charge in [-0.25, -0.2) is 4.98 Å². The molecule has 0 saturated carbocycles. The molecule has 1 rings (SSSR count). The van der Waals surface area contributed by atoms with Gasteiger partial charge in [-0.15, -0.1) is 0 Å². The minimum absolute atomic E-state index is 0.0756. The number of methoxy groups -OCH3 is 2. The summed E-state index contributed by atoms with van der Waals surface area (Å²) in [6.45, 7) is 4.32. The van der Waals surface area contributed by atoms with Crippen LogP contribution in [0.15, 0.2) is 6.20 Å². The van der Waals surface area contributed by atoms with Crippen molar-refractivity contribution in [1.82, 2.24) is 15.4 Å². The molecule has 0 radical (unpaired) electrons. The van der Waals surface area contributed by atoms with E-state index in [4.69, 9.17) is 15.3 Å². The molecular weight excluding hydrogens is 232 g/mol.